The van der Waals surface area contributed by atoms with Gasteiger partial charge in [0, 0.05) is 23.5 Å². The molecule has 8 nitrogen and oxygen atoms in total. The Kier molecular flexibility index (Phi) is 6.10. The van der Waals surface area contributed by atoms with E-state index in [4.69, 9.17) is 4.74 Å². The predicted octanol–water partition coefficient (Wildman–Crippen LogP) is 2.48. The molecule has 1 aromatic heterocycles. The standard InChI is InChI=1S/C23H25N3O5/c1-5-11-25-15(2)12-18(16(25)3)19(27)14-31-20(28)13-26-21(29)23(4,24-22(26)30)17-9-7-6-8-10-17/h5-10,12H,1,11,13-14H2,2-4H3,(H,24,30)/t23-/m1/s1. The molecule has 31 heavy (non-hydrogen) atoms. The van der Waals surface area contributed by atoms with E-state index in [1.807, 2.05) is 18.4 Å². The SMILES string of the molecule is C=CCn1c(C)cc(C(=O)COC(=O)CN2C(=O)N[C@](C)(c3ccccc3)C2=O)c1C. The molecule has 3 rings (SSSR count). The topological polar surface area (TPSA) is 97.7 Å². The quantitative estimate of drug-likeness (QED) is 0.304. The smallest absolute Gasteiger partial charge is 0.326 e. The van der Waals surface area contributed by atoms with Crippen LogP contribution >= 0.6 is 0 Å². The summed E-state index contributed by atoms with van der Waals surface area (Å²) in [6.45, 7) is 8.48. The molecule has 1 aliphatic rings. The van der Waals surface area contributed by atoms with Gasteiger partial charge < -0.3 is 14.6 Å². The molecule has 0 aliphatic carbocycles. The average molecular weight is 423 g/mol. The molecule has 0 saturated carbocycles. The Bertz CT molecular complexity index is 1060. The van der Waals surface area contributed by atoms with Gasteiger partial charge in [-0.1, -0.05) is 36.4 Å². The van der Waals surface area contributed by atoms with Crippen LogP contribution in [-0.2, 0) is 26.4 Å². The van der Waals surface area contributed by atoms with E-state index in [0.717, 1.165) is 16.3 Å². The lowest BCUT2D eigenvalue weighted by Crippen LogP contribution is -2.41. The number of carbonyl (C=O) groups is 4. The van der Waals surface area contributed by atoms with Gasteiger partial charge in [0.25, 0.3) is 5.91 Å². The zero-order valence-corrected chi connectivity index (χ0v) is 17.8. The van der Waals surface area contributed by atoms with Crippen molar-refractivity contribution in [3.8, 4) is 0 Å². The molecule has 1 N–H and O–H groups in total. The van der Waals surface area contributed by atoms with E-state index in [-0.39, 0.29) is 5.78 Å². The Morgan fingerprint density at radius 3 is 2.52 bits per heavy atom. The van der Waals surface area contributed by atoms with Crippen molar-refractivity contribution in [2.24, 2.45) is 0 Å². The Hall–Kier alpha value is -3.68. The molecule has 2 heterocycles. The number of rotatable bonds is 8. The minimum Gasteiger partial charge on any atom is -0.456 e. The third kappa shape index (κ3) is 4.14. The van der Waals surface area contributed by atoms with Gasteiger partial charge in [0.2, 0.25) is 5.78 Å². The number of allylic oxidation sites excluding steroid dienone is 1. The van der Waals surface area contributed by atoms with E-state index < -0.39 is 36.6 Å². The number of urea groups is 1. The first-order valence-electron chi connectivity index (χ1n) is 9.85. The summed E-state index contributed by atoms with van der Waals surface area (Å²) in [7, 11) is 0. The fourth-order valence-corrected chi connectivity index (χ4v) is 3.70. The van der Waals surface area contributed by atoms with Crippen LogP contribution in [0.2, 0.25) is 0 Å². The third-order valence-electron chi connectivity index (χ3n) is 5.46. The van der Waals surface area contributed by atoms with Crippen LogP contribution in [0.3, 0.4) is 0 Å². The first-order chi connectivity index (χ1) is 14.7. The number of amides is 3. The summed E-state index contributed by atoms with van der Waals surface area (Å²) in [5, 5.41) is 2.62. The second-order valence-corrected chi connectivity index (χ2v) is 7.58. The van der Waals surface area contributed by atoms with E-state index >= 15 is 0 Å². The van der Waals surface area contributed by atoms with Crippen LogP contribution in [-0.4, -0.2) is 46.3 Å². The molecule has 2 aromatic rings. The molecule has 0 spiro atoms. The zero-order chi connectivity index (χ0) is 22.8. The van der Waals surface area contributed by atoms with E-state index in [9.17, 15) is 19.2 Å². The summed E-state index contributed by atoms with van der Waals surface area (Å²) in [5.74, 6) is -1.75. The van der Waals surface area contributed by atoms with Crippen LogP contribution in [0, 0.1) is 13.8 Å². The molecular weight excluding hydrogens is 398 g/mol. The van der Waals surface area contributed by atoms with Gasteiger partial charge in [-0.2, -0.15) is 0 Å². The van der Waals surface area contributed by atoms with Crippen molar-refractivity contribution in [2.75, 3.05) is 13.2 Å². The van der Waals surface area contributed by atoms with Crippen LogP contribution in [0.1, 0.15) is 34.2 Å². The Labute approximate surface area is 180 Å². The van der Waals surface area contributed by atoms with Gasteiger partial charge in [-0.25, -0.2) is 4.79 Å². The number of imide groups is 1. The molecule has 8 heteroatoms. The lowest BCUT2D eigenvalue weighted by atomic mass is 9.92. The molecule has 1 saturated heterocycles. The molecule has 1 aliphatic heterocycles. The number of Topliss-reactive ketones (excluding diaryl/α,β-unsaturated/α-hetero) is 1. The van der Waals surface area contributed by atoms with Crippen molar-refractivity contribution < 1.29 is 23.9 Å². The lowest BCUT2D eigenvalue weighted by Gasteiger charge is -2.21. The lowest BCUT2D eigenvalue weighted by molar-refractivity contribution is -0.146. The summed E-state index contributed by atoms with van der Waals surface area (Å²) in [6.07, 6.45) is 1.73. The molecule has 0 radical (unpaired) electrons. The number of carbonyl (C=O) groups excluding carboxylic acids is 4. The molecule has 1 aromatic carbocycles. The Morgan fingerprint density at radius 2 is 1.87 bits per heavy atom. The van der Waals surface area contributed by atoms with Crippen molar-refractivity contribution in [1.29, 1.82) is 0 Å². The number of nitrogens with zero attached hydrogens (tertiary/aromatic N) is 2. The number of aryl methyl sites for hydroxylation is 1. The van der Waals surface area contributed by atoms with Crippen molar-refractivity contribution >= 4 is 23.7 Å². The minimum absolute atomic E-state index is 0.358. The van der Waals surface area contributed by atoms with Crippen LogP contribution in [0.5, 0.6) is 0 Å². The number of ketones is 1. The van der Waals surface area contributed by atoms with Crippen molar-refractivity contribution in [1.82, 2.24) is 14.8 Å². The Balaban J connectivity index is 1.63. The fraction of sp³-hybridized carbons (Fsp3) is 0.304. The normalized spacial score (nSPS) is 18.1. The summed E-state index contributed by atoms with van der Waals surface area (Å²) in [5.41, 5.74) is 1.45. The van der Waals surface area contributed by atoms with Gasteiger partial charge in [-0.05, 0) is 32.4 Å². The van der Waals surface area contributed by atoms with Crippen LogP contribution in [0.15, 0.2) is 49.1 Å². The number of esters is 1. The summed E-state index contributed by atoms with van der Waals surface area (Å²) in [4.78, 5) is 50.7. The zero-order valence-electron chi connectivity index (χ0n) is 17.8. The van der Waals surface area contributed by atoms with Crippen molar-refractivity contribution in [2.45, 2.75) is 32.9 Å². The number of aromatic nitrogens is 1. The summed E-state index contributed by atoms with van der Waals surface area (Å²) >= 11 is 0. The maximum atomic E-state index is 12.8. The maximum absolute atomic E-state index is 12.8. The van der Waals surface area contributed by atoms with Crippen LogP contribution in [0.25, 0.3) is 0 Å². The molecule has 162 valence electrons. The highest BCUT2D eigenvalue weighted by Gasteiger charge is 2.49. The molecular formula is C23H25N3O5. The second-order valence-electron chi connectivity index (χ2n) is 7.58. The monoisotopic (exact) mass is 423 g/mol. The Morgan fingerprint density at radius 1 is 1.19 bits per heavy atom. The number of nitrogens with one attached hydrogen (secondary N) is 1. The highest BCUT2D eigenvalue weighted by atomic mass is 16.5. The van der Waals surface area contributed by atoms with Gasteiger partial charge in [0.1, 0.15) is 12.1 Å². The number of benzene rings is 1. The third-order valence-corrected chi connectivity index (χ3v) is 5.46. The predicted molar refractivity (Wildman–Crippen MR) is 113 cm³/mol. The van der Waals surface area contributed by atoms with Gasteiger partial charge in [-0.3, -0.25) is 19.3 Å². The van der Waals surface area contributed by atoms with Crippen LogP contribution < -0.4 is 5.32 Å². The minimum atomic E-state index is -1.27. The van der Waals surface area contributed by atoms with Gasteiger partial charge in [0.05, 0.1) is 0 Å². The molecule has 1 atom stereocenters. The number of hydrogen-bond acceptors (Lipinski definition) is 5. The second kappa shape index (κ2) is 8.59. The van der Waals surface area contributed by atoms with Gasteiger partial charge in [-0.15, -0.1) is 6.58 Å². The number of hydrogen-bond donors (Lipinski definition) is 1. The molecule has 0 bridgehead atoms. The summed E-state index contributed by atoms with van der Waals surface area (Å²) < 4.78 is 6.99. The molecule has 0 unspecified atom stereocenters. The van der Waals surface area contributed by atoms with E-state index in [0.29, 0.717) is 17.7 Å². The van der Waals surface area contributed by atoms with Gasteiger partial charge >= 0.3 is 12.0 Å². The fourth-order valence-electron chi connectivity index (χ4n) is 3.70. The van der Waals surface area contributed by atoms with Crippen molar-refractivity contribution in [3.63, 3.8) is 0 Å². The molecule has 3 amide bonds. The van der Waals surface area contributed by atoms with E-state index in [1.54, 1.807) is 49.4 Å². The van der Waals surface area contributed by atoms with Crippen LogP contribution in [0.4, 0.5) is 4.79 Å². The number of ether oxygens (including phenoxy) is 1. The average Bonchev–Trinajstić information content (AvgIpc) is 3.15. The highest BCUT2D eigenvalue weighted by molar-refractivity contribution is 6.09. The van der Waals surface area contributed by atoms with E-state index in [1.165, 1.54) is 0 Å². The van der Waals surface area contributed by atoms with Gasteiger partial charge in [0.15, 0.2) is 6.61 Å². The first-order valence-corrected chi connectivity index (χ1v) is 9.85. The largest absolute Gasteiger partial charge is 0.456 e. The van der Waals surface area contributed by atoms with Crippen molar-refractivity contribution in [3.05, 3.63) is 71.6 Å². The first kappa shape index (κ1) is 22.0. The summed E-state index contributed by atoms with van der Waals surface area (Å²) in [6, 6.07) is 9.81. The van der Waals surface area contributed by atoms with E-state index in [2.05, 4.69) is 11.9 Å². The maximum Gasteiger partial charge on any atom is 0.326 e. The molecule has 1 fully saturated rings. The highest BCUT2D eigenvalue weighted by Crippen LogP contribution is 2.28.